The second-order valence-corrected chi connectivity index (χ2v) is 1.30. The van der Waals surface area contributed by atoms with Crippen LogP contribution in [0.25, 0.3) is 0 Å². The molecule has 0 heterocycles. The van der Waals surface area contributed by atoms with Gasteiger partial charge in [0.15, 0.2) is 7.85 Å². The minimum Gasteiger partial charge on any atom is -0.464 e. The van der Waals surface area contributed by atoms with Crippen molar-refractivity contribution < 1.29 is 19.5 Å². The highest BCUT2D eigenvalue weighted by molar-refractivity contribution is 6.87. The Balaban J connectivity index is 4.39. The Bertz CT molecular complexity index is 188. The van der Waals surface area contributed by atoms with Crippen molar-refractivity contribution in [3.63, 3.8) is 0 Å². The molecule has 0 atom stereocenters. The molecule has 0 rings (SSSR count). The van der Waals surface area contributed by atoms with Crippen molar-refractivity contribution in [1.29, 1.82) is 0 Å². The summed E-state index contributed by atoms with van der Waals surface area (Å²) in [5, 5.41) is 10.3. The SMILES string of the molecule is [B]C(=O)/C(=N/O)C(=O)OC. The maximum absolute atomic E-state index is 10.4. The zero-order chi connectivity index (χ0) is 8.15. The van der Waals surface area contributed by atoms with Crippen LogP contribution in [0, 0.1) is 0 Å². The molecule has 0 saturated heterocycles. The summed E-state index contributed by atoms with van der Waals surface area (Å²) in [6.07, 6.45) is 0. The van der Waals surface area contributed by atoms with Gasteiger partial charge in [0.2, 0.25) is 5.71 Å². The normalized spacial score (nSPS) is 10.7. The minimum atomic E-state index is -1.13. The number of carbonyl (C=O) groups excluding carboxylic acids is 2. The molecule has 5 nitrogen and oxygen atoms in total. The monoisotopic (exact) mass is 141 g/mol. The molecule has 0 saturated carbocycles. The molecule has 0 spiro atoms. The van der Waals surface area contributed by atoms with Crippen LogP contribution in [0.1, 0.15) is 0 Å². The molecule has 0 aliphatic carbocycles. The van der Waals surface area contributed by atoms with E-state index >= 15 is 0 Å². The van der Waals surface area contributed by atoms with Crippen LogP contribution in [-0.2, 0) is 14.3 Å². The molecular weight excluding hydrogens is 137 g/mol. The molecule has 0 aromatic carbocycles. The van der Waals surface area contributed by atoms with Crippen molar-refractivity contribution in [3.05, 3.63) is 0 Å². The standard InChI is InChI=1S/C4H4BNO4/c1-10-4(8)2(6-9)3(5)7/h9H,1H3/b6-2-. The van der Waals surface area contributed by atoms with Crippen molar-refractivity contribution in [3.8, 4) is 0 Å². The summed E-state index contributed by atoms with van der Waals surface area (Å²) in [5.41, 5.74) is -1.95. The number of methoxy groups -OCH3 is 1. The summed E-state index contributed by atoms with van der Waals surface area (Å²) in [7, 11) is 5.63. The Labute approximate surface area is 58.1 Å². The fraction of sp³-hybridized carbons (Fsp3) is 0.250. The molecule has 0 aromatic rings. The number of carbonyl (C=O) groups is 2. The maximum Gasteiger partial charge on any atom is 0.362 e. The highest BCUT2D eigenvalue weighted by atomic mass is 16.5. The van der Waals surface area contributed by atoms with Crippen LogP contribution < -0.4 is 0 Å². The molecule has 0 unspecified atom stereocenters. The zero-order valence-electron chi connectivity index (χ0n) is 5.20. The summed E-state index contributed by atoms with van der Waals surface area (Å²) in [5.74, 6) is -1.06. The van der Waals surface area contributed by atoms with E-state index in [0.29, 0.717) is 0 Å². The van der Waals surface area contributed by atoms with Gasteiger partial charge in [-0.1, -0.05) is 5.16 Å². The Kier molecular flexibility index (Phi) is 3.17. The summed E-state index contributed by atoms with van der Waals surface area (Å²) in [6.45, 7) is 0. The van der Waals surface area contributed by atoms with Crippen LogP contribution >= 0.6 is 0 Å². The summed E-state index contributed by atoms with van der Waals surface area (Å²) < 4.78 is 4.03. The van der Waals surface area contributed by atoms with Crippen molar-refractivity contribution in [2.45, 2.75) is 0 Å². The number of hydrogen-bond donors (Lipinski definition) is 1. The van der Waals surface area contributed by atoms with E-state index in [4.69, 9.17) is 5.21 Å². The predicted octanol–water partition coefficient (Wildman–Crippen LogP) is -1.32. The number of esters is 1. The number of oxime groups is 1. The second-order valence-electron chi connectivity index (χ2n) is 1.30. The number of hydrogen-bond acceptors (Lipinski definition) is 5. The van der Waals surface area contributed by atoms with Crippen molar-refractivity contribution in [1.82, 2.24) is 0 Å². The van der Waals surface area contributed by atoms with Crippen LogP contribution in [-0.4, -0.2) is 37.5 Å². The quantitative estimate of drug-likeness (QED) is 0.129. The molecular formula is C4H4BNO4. The van der Waals surface area contributed by atoms with Gasteiger partial charge in [-0.25, -0.2) is 4.79 Å². The first-order valence-corrected chi connectivity index (χ1v) is 2.23. The third-order valence-corrected chi connectivity index (χ3v) is 0.712. The first-order chi connectivity index (χ1) is 4.63. The van der Waals surface area contributed by atoms with E-state index < -0.39 is 17.4 Å². The van der Waals surface area contributed by atoms with Crippen molar-refractivity contribution in [2.24, 2.45) is 5.16 Å². The molecule has 0 bridgehead atoms. The fourth-order valence-corrected chi connectivity index (χ4v) is 0.287. The molecule has 10 heavy (non-hydrogen) atoms. The Morgan fingerprint density at radius 2 is 2.10 bits per heavy atom. The lowest BCUT2D eigenvalue weighted by atomic mass is 9.98. The molecule has 1 N–H and O–H groups in total. The van der Waals surface area contributed by atoms with Gasteiger partial charge in [0.05, 0.1) is 7.11 Å². The smallest absolute Gasteiger partial charge is 0.362 e. The summed E-state index contributed by atoms with van der Waals surface area (Å²) in [4.78, 5) is 20.5. The van der Waals surface area contributed by atoms with Gasteiger partial charge in [-0.05, 0) is 0 Å². The van der Waals surface area contributed by atoms with E-state index in [1.54, 1.807) is 0 Å². The average molecular weight is 141 g/mol. The van der Waals surface area contributed by atoms with Crippen molar-refractivity contribution >= 4 is 25.2 Å². The molecule has 0 aliphatic heterocycles. The van der Waals surface area contributed by atoms with Gasteiger partial charge in [-0.2, -0.15) is 0 Å². The fourth-order valence-electron chi connectivity index (χ4n) is 0.287. The van der Waals surface area contributed by atoms with E-state index in [1.165, 1.54) is 0 Å². The number of ether oxygens (including phenoxy) is 1. The molecule has 2 radical (unpaired) electrons. The summed E-state index contributed by atoms with van der Waals surface area (Å²) in [6, 6.07) is 0. The average Bonchev–Trinajstić information content (AvgIpc) is 1.88. The maximum atomic E-state index is 10.4. The molecule has 0 aliphatic rings. The molecule has 6 heteroatoms. The molecule has 0 aromatic heterocycles. The van der Waals surface area contributed by atoms with Gasteiger partial charge in [0.25, 0.3) is 0 Å². The van der Waals surface area contributed by atoms with E-state index in [1.807, 2.05) is 0 Å². The van der Waals surface area contributed by atoms with Crippen molar-refractivity contribution in [2.75, 3.05) is 7.11 Å². The zero-order valence-corrected chi connectivity index (χ0v) is 5.20. The second kappa shape index (κ2) is 3.65. The lowest BCUT2D eigenvalue weighted by molar-refractivity contribution is -0.133. The highest BCUT2D eigenvalue weighted by Crippen LogP contribution is 1.81. The predicted molar refractivity (Wildman–Crippen MR) is 32.0 cm³/mol. The van der Waals surface area contributed by atoms with Crippen LogP contribution in [0.2, 0.25) is 0 Å². The summed E-state index contributed by atoms with van der Waals surface area (Å²) >= 11 is 0. The Morgan fingerprint density at radius 3 is 2.20 bits per heavy atom. The lowest BCUT2D eigenvalue weighted by Crippen LogP contribution is -2.25. The van der Waals surface area contributed by atoms with Gasteiger partial charge in [0, 0.05) is 0 Å². The van der Waals surface area contributed by atoms with E-state index in [9.17, 15) is 9.59 Å². The molecule has 0 fully saturated rings. The molecule has 52 valence electrons. The highest BCUT2D eigenvalue weighted by Gasteiger charge is 2.16. The minimum absolute atomic E-state index is 0.817. The van der Waals surface area contributed by atoms with E-state index in [0.717, 1.165) is 7.11 Å². The third kappa shape index (κ3) is 1.89. The topological polar surface area (TPSA) is 76.0 Å². The third-order valence-electron chi connectivity index (χ3n) is 0.712. The largest absolute Gasteiger partial charge is 0.464 e. The van der Waals surface area contributed by atoms with Gasteiger partial charge < -0.3 is 14.7 Å². The van der Waals surface area contributed by atoms with Crippen LogP contribution in [0.5, 0.6) is 0 Å². The van der Waals surface area contributed by atoms with Gasteiger partial charge in [0.1, 0.15) is 5.68 Å². The van der Waals surface area contributed by atoms with Crippen LogP contribution in [0.15, 0.2) is 5.16 Å². The first kappa shape index (κ1) is 8.67. The number of nitrogens with zero attached hydrogens (tertiary/aromatic N) is 1. The van der Waals surface area contributed by atoms with Crippen LogP contribution in [0.3, 0.4) is 0 Å². The Hall–Kier alpha value is -1.33. The van der Waals surface area contributed by atoms with Gasteiger partial charge in [-0.3, -0.25) is 0 Å². The van der Waals surface area contributed by atoms with E-state index in [2.05, 4.69) is 17.7 Å². The first-order valence-electron chi connectivity index (χ1n) is 2.23. The lowest BCUT2D eigenvalue weighted by Gasteiger charge is -1.95. The van der Waals surface area contributed by atoms with Crippen LogP contribution in [0.4, 0.5) is 0 Å². The van der Waals surface area contributed by atoms with Gasteiger partial charge in [-0.15, -0.1) is 0 Å². The van der Waals surface area contributed by atoms with Gasteiger partial charge >= 0.3 is 5.97 Å². The van der Waals surface area contributed by atoms with E-state index in [-0.39, 0.29) is 0 Å². The molecule has 0 amide bonds. The number of rotatable bonds is 2. The Morgan fingerprint density at radius 1 is 1.60 bits per heavy atom.